The highest BCUT2D eigenvalue weighted by atomic mass is 32.2. The molecule has 0 saturated heterocycles. The highest BCUT2D eigenvalue weighted by Gasteiger charge is 2.31. The first-order chi connectivity index (χ1) is 9.72. The van der Waals surface area contributed by atoms with Crippen molar-refractivity contribution in [3.63, 3.8) is 0 Å². The number of carboxylic acid groups (broad SMARTS) is 1. The third kappa shape index (κ3) is 4.26. The Morgan fingerprint density at radius 3 is 2.48 bits per heavy atom. The van der Waals surface area contributed by atoms with E-state index in [9.17, 15) is 18.0 Å². The maximum absolute atomic E-state index is 12.2. The van der Waals surface area contributed by atoms with Crippen molar-refractivity contribution in [1.29, 1.82) is 0 Å². The second-order valence-corrected chi connectivity index (χ2v) is 7.46. The Bertz CT molecular complexity index is 621. The number of methoxy groups -OCH3 is 1. The quantitative estimate of drug-likeness (QED) is 0.727. The smallest absolute Gasteiger partial charge is 0.345 e. The number of esters is 1. The van der Waals surface area contributed by atoms with Crippen molar-refractivity contribution in [3.05, 3.63) is 17.0 Å². The molecular weight excluding hydrogens is 318 g/mol. The summed E-state index contributed by atoms with van der Waals surface area (Å²) >= 11 is 0.626. The maximum Gasteiger partial charge on any atom is 0.345 e. The SMILES string of the molecule is CCC(C)C(NS(=O)(=O)c1ccc(C(=O)O)s1)C(=O)OC. The van der Waals surface area contributed by atoms with E-state index in [2.05, 4.69) is 9.46 Å². The summed E-state index contributed by atoms with van der Waals surface area (Å²) in [5, 5.41) is 8.82. The Labute approximate surface area is 127 Å². The summed E-state index contributed by atoms with van der Waals surface area (Å²) in [4.78, 5) is 22.4. The van der Waals surface area contributed by atoms with E-state index in [4.69, 9.17) is 5.11 Å². The van der Waals surface area contributed by atoms with Crippen LogP contribution >= 0.6 is 11.3 Å². The van der Waals surface area contributed by atoms with E-state index in [0.717, 1.165) is 0 Å². The van der Waals surface area contributed by atoms with E-state index in [0.29, 0.717) is 17.8 Å². The largest absolute Gasteiger partial charge is 0.477 e. The average Bonchev–Trinajstić information content (AvgIpc) is 2.94. The number of thiophene rings is 1. The van der Waals surface area contributed by atoms with Gasteiger partial charge in [0.2, 0.25) is 0 Å². The summed E-state index contributed by atoms with van der Waals surface area (Å²) in [6.07, 6.45) is 0.576. The number of ether oxygens (including phenoxy) is 1. The van der Waals surface area contributed by atoms with Gasteiger partial charge >= 0.3 is 11.9 Å². The lowest BCUT2D eigenvalue weighted by molar-refractivity contribution is -0.143. The molecule has 2 unspecified atom stereocenters. The van der Waals surface area contributed by atoms with E-state index in [1.54, 1.807) is 6.92 Å². The van der Waals surface area contributed by atoms with Crippen LogP contribution < -0.4 is 4.72 Å². The molecule has 0 spiro atoms. The molecule has 1 aromatic heterocycles. The molecule has 2 N–H and O–H groups in total. The van der Waals surface area contributed by atoms with Crippen molar-refractivity contribution in [3.8, 4) is 0 Å². The van der Waals surface area contributed by atoms with Gasteiger partial charge in [0.05, 0.1) is 7.11 Å². The molecule has 1 heterocycles. The van der Waals surface area contributed by atoms with Crippen LogP contribution in [-0.2, 0) is 19.6 Å². The van der Waals surface area contributed by atoms with Crippen LogP contribution in [0.2, 0.25) is 0 Å². The van der Waals surface area contributed by atoms with Crippen LogP contribution in [0, 0.1) is 5.92 Å². The zero-order valence-corrected chi connectivity index (χ0v) is 13.5. The normalized spacial score (nSPS) is 14.4. The van der Waals surface area contributed by atoms with Crippen molar-refractivity contribution < 1.29 is 27.9 Å². The van der Waals surface area contributed by atoms with Crippen LogP contribution in [-0.4, -0.2) is 38.6 Å². The lowest BCUT2D eigenvalue weighted by Crippen LogP contribution is -2.45. The summed E-state index contributed by atoms with van der Waals surface area (Å²) in [6, 6.07) is 1.39. The molecule has 0 aliphatic rings. The third-order valence-electron chi connectivity index (χ3n) is 3.01. The van der Waals surface area contributed by atoms with Gasteiger partial charge in [0.1, 0.15) is 15.1 Å². The topological polar surface area (TPSA) is 110 Å². The Balaban J connectivity index is 3.05. The van der Waals surface area contributed by atoms with E-state index < -0.39 is 28.0 Å². The van der Waals surface area contributed by atoms with Gasteiger partial charge in [-0.25, -0.2) is 13.2 Å². The minimum Gasteiger partial charge on any atom is -0.477 e. The Morgan fingerprint density at radius 2 is 2.05 bits per heavy atom. The van der Waals surface area contributed by atoms with Gasteiger partial charge in [-0.1, -0.05) is 20.3 Å². The van der Waals surface area contributed by atoms with Gasteiger partial charge in [-0.15, -0.1) is 11.3 Å². The first-order valence-corrected chi connectivity index (χ1v) is 8.46. The van der Waals surface area contributed by atoms with Gasteiger partial charge in [-0.05, 0) is 18.1 Å². The molecule has 9 heteroatoms. The number of rotatable bonds is 7. The second kappa shape index (κ2) is 7.01. The third-order valence-corrected chi connectivity index (χ3v) is 6.01. The average molecular weight is 335 g/mol. The van der Waals surface area contributed by atoms with Gasteiger partial charge in [-0.3, -0.25) is 4.79 Å². The highest BCUT2D eigenvalue weighted by molar-refractivity contribution is 7.91. The predicted octanol–water partition coefficient (Wildman–Crippen LogP) is 1.31. The molecule has 0 bridgehead atoms. The summed E-state index contributed by atoms with van der Waals surface area (Å²) in [5.74, 6) is -2.14. The molecule has 7 nitrogen and oxygen atoms in total. The van der Waals surface area contributed by atoms with Crippen LogP contribution in [0.1, 0.15) is 29.9 Å². The standard InChI is InChI=1S/C12H17NO6S2/c1-4-7(2)10(12(16)19-3)13-21(17,18)9-6-5-8(20-9)11(14)15/h5-7,10,13H,4H2,1-3H3,(H,14,15). The van der Waals surface area contributed by atoms with Crippen LogP contribution in [0.5, 0.6) is 0 Å². The minimum absolute atomic E-state index is 0.0893. The fourth-order valence-corrected chi connectivity index (χ4v) is 4.02. The lowest BCUT2D eigenvalue weighted by atomic mass is 10.0. The first-order valence-electron chi connectivity index (χ1n) is 6.16. The highest BCUT2D eigenvalue weighted by Crippen LogP contribution is 2.23. The molecule has 0 aliphatic heterocycles. The number of aromatic carboxylic acids is 1. The second-order valence-electron chi connectivity index (χ2n) is 4.43. The molecule has 0 saturated carbocycles. The molecule has 1 rings (SSSR count). The fraction of sp³-hybridized carbons (Fsp3) is 0.500. The first kappa shape index (κ1) is 17.6. The van der Waals surface area contributed by atoms with Crippen LogP contribution in [0.3, 0.4) is 0 Å². The molecule has 1 aromatic rings. The minimum atomic E-state index is -3.98. The van der Waals surface area contributed by atoms with E-state index in [1.165, 1.54) is 19.2 Å². The summed E-state index contributed by atoms with van der Waals surface area (Å²) in [7, 11) is -2.80. The van der Waals surface area contributed by atoms with Crippen LogP contribution in [0.15, 0.2) is 16.3 Å². The number of carbonyl (C=O) groups excluding carboxylic acids is 1. The molecule has 0 radical (unpaired) electrons. The molecular formula is C12H17NO6S2. The summed E-state index contributed by atoms with van der Waals surface area (Å²) in [6.45, 7) is 3.55. The lowest BCUT2D eigenvalue weighted by Gasteiger charge is -2.21. The molecule has 2 atom stereocenters. The molecule has 0 fully saturated rings. The zero-order valence-electron chi connectivity index (χ0n) is 11.8. The predicted molar refractivity (Wildman–Crippen MR) is 76.9 cm³/mol. The van der Waals surface area contributed by atoms with Gasteiger partial charge in [0, 0.05) is 0 Å². The van der Waals surface area contributed by atoms with Crippen molar-refractivity contribution >= 4 is 33.3 Å². The number of hydrogen-bond donors (Lipinski definition) is 2. The number of sulfonamides is 1. The van der Waals surface area contributed by atoms with Crippen molar-refractivity contribution in [2.75, 3.05) is 7.11 Å². The van der Waals surface area contributed by atoms with Gasteiger partial charge in [0.15, 0.2) is 0 Å². The summed E-state index contributed by atoms with van der Waals surface area (Å²) in [5.41, 5.74) is 0. The van der Waals surface area contributed by atoms with Crippen LogP contribution in [0.4, 0.5) is 0 Å². The van der Waals surface area contributed by atoms with Crippen molar-refractivity contribution in [2.45, 2.75) is 30.5 Å². The Hall–Kier alpha value is -1.45. The fourth-order valence-electron chi connectivity index (χ4n) is 1.56. The van der Waals surface area contributed by atoms with E-state index >= 15 is 0 Å². The Kier molecular flexibility index (Phi) is 5.87. The monoisotopic (exact) mass is 335 g/mol. The molecule has 21 heavy (non-hydrogen) atoms. The van der Waals surface area contributed by atoms with Gasteiger partial charge < -0.3 is 9.84 Å². The molecule has 0 amide bonds. The zero-order chi connectivity index (χ0) is 16.2. The van der Waals surface area contributed by atoms with Crippen molar-refractivity contribution in [2.24, 2.45) is 5.92 Å². The Morgan fingerprint density at radius 1 is 1.43 bits per heavy atom. The molecule has 0 aliphatic carbocycles. The van der Waals surface area contributed by atoms with Gasteiger partial charge in [-0.2, -0.15) is 4.72 Å². The van der Waals surface area contributed by atoms with Crippen molar-refractivity contribution in [1.82, 2.24) is 4.72 Å². The van der Waals surface area contributed by atoms with Gasteiger partial charge in [0.25, 0.3) is 10.0 Å². The number of hydrogen-bond acceptors (Lipinski definition) is 6. The summed E-state index contributed by atoms with van der Waals surface area (Å²) < 4.78 is 31.2. The number of carboxylic acids is 1. The number of nitrogens with one attached hydrogen (secondary N) is 1. The number of carbonyl (C=O) groups is 2. The maximum atomic E-state index is 12.2. The van der Waals surface area contributed by atoms with E-state index in [1.807, 2.05) is 6.92 Å². The molecule has 118 valence electrons. The molecule has 0 aromatic carbocycles. The van der Waals surface area contributed by atoms with Crippen LogP contribution in [0.25, 0.3) is 0 Å². The van der Waals surface area contributed by atoms with E-state index in [-0.39, 0.29) is 15.0 Å².